The van der Waals surface area contributed by atoms with Crippen LogP contribution in [0.2, 0.25) is 0 Å². The van der Waals surface area contributed by atoms with Crippen molar-refractivity contribution >= 4 is 17.7 Å². The Labute approximate surface area is 285 Å². The van der Waals surface area contributed by atoms with Gasteiger partial charge in [0.05, 0.1) is 12.1 Å². The lowest BCUT2D eigenvalue weighted by atomic mass is 9.79. The smallest absolute Gasteiger partial charge is 0.315 e. The molecule has 0 aromatic heterocycles. The van der Waals surface area contributed by atoms with E-state index in [-0.39, 0.29) is 59.0 Å². The Hall–Kier alpha value is -2.83. The third-order valence-electron chi connectivity index (χ3n) is 11.8. The first-order valence-electron chi connectivity index (χ1n) is 18.6. The van der Waals surface area contributed by atoms with Crippen molar-refractivity contribution in [3.63, 3.8) is 0 Å². The first kappa shape index (κ1) is 37.0. The van der Waals surface area contributed by atoms with Crippen LogP contribution in [-0.2, 0) is 9.59 Å². The van der Waals surface area contributed by atoms with Crippen LogP contribution in [-0.4, -0.2) is 53.3 Å². The van der Waals surface area contributed by atoms with Crippen LogP contribution in [0.5, 0.6) is 0 Å². The van der Waals surface area contributed by atoms with Gasteiger partial charge in [-0.1, -0.05) is 98.3 Å². The monoisotopic (exact) mass is 648 g/mol. The molecule has 0 bridgehead atoms. The molecule has 7 heteroatoms. The Bertz CT molecular complexity index is 1200. The molecule has 3 aliphatic carbocycles. The summed E-state index contributed by atoms with van der Waals surface area (Å²) in [6, 6.07) is -1.51. The zero-order valence-electron chi connectivity index (χ0n) is 30.4. The molecule has 1 saturated heterocycles. The summed E-state index contributed by atoms with van der Waals surface area (Å²) >= 11 is 0. The summed E-state index contributed by atoms with van der Waals surface area (Å²) in [4.78, 5) is 43.9. The van der Waals surface area contributed by atoms with Gasteiger partial charge in [0, 0.05) is 18.3 Å². The molecule has 3 fully saturated rings. The first-order valence-corrected chi connectivity index (χ1v) is 18.6. The molecular formula is C40H64N4O3. The SMILES string of the molecule is C=C(C)C(=O)C(CC1CCC1)NC(=C)C1[C@H]2C[C@H]2CN1C(=O)C(NC(=O)NC(CC)C(C)(C)CC)C1CC(C)/C=C\C/C=C\C(C)C1. The zero-order chi connectivity index (χ0) is 34.5. The highest BCUT2D eigenvalue weighted by Crippen LogP contribution is 2.51. The van der Waals surface area contributed by atoms with E-state index in [1.807, 2.05) is 4.90 Å². The highest BCUT2D eigenvalue weighted by Gasteiger charge is 2.56. The minimum Gasteiger partial charge on any atom is -0.377 e. The molecule has 4 aliphatic rings. The van der Waals surface area contributed by atoms with E-state index in [1.54, 1.807) is 6.92 Å². The molecule has 0 radical (unpaired) electrons. The second kappa shape index (κ2) is 16.0. The van der Waals surface area contributed by atoms with Crippen molar-refractivity contribution in [2.24, 2.45) is 40.9 Å². The summed E-state index contributed by atoms with van der Waals surface area (Å²) in [5, 5.41) is 10.0. The summed E-state index contributed by atoms with van der Waals surface area (Å²) in [7, 11) is 0. The van der Waals surface area contributed by atoms with Crippen molar-refractivity contribution in [2.75, 3.05) is 6.54 Å². The highest BCUT2D eigenvalue weighted by molar-refractivity contribution is 5.98. The molecule has 1 heterocycles. The largest absolute Gasteiger partial charge is 0.377 e. The van der Waals surface area contributed by atoms with E-state index in [2.05, 4.69) is 95.0 Å². The van der Waals surface area contributed by atoms with Crippen LogP contribution >= 0.6 is 0 Å². The topological polar surface area (TPSA) is 90.5 Å². The van der Waals surface area contributed by atoms with E-state index >= 15 is 0 Å². The molecule has 6 unspecified atom stereocenters. The molecule has 2 saturated carbocycles. The third-order valence-corrected chi connectivity index (χ3v) is 11.8. The van der Waals surface area contributed by atoms with Crippen molar-refractivity contribution in [3.05, 3.63) is 48.7 Å². The van der Waals surface area contributed by atoms with Crippen LogP contribution in [0.4, 0.5) is 4.79 Å². The number of amides is 3. The number of hydrogen-bond donors (Lipinski definition) is 3. The number of likely N-dealkylation sites (tertiary alicyclic amines) is 1. The van der Waals surface area contributed by atoms with Crippen LogP contribution in [0.1, 0.15) is 113 Å². The number of urea groups is 1. The normalized spacial score (nSPS) is 30.8. The van der Waals surface area contributed by atoms with Gasteiger partial charge in [-0.25, -0.2) is 4.79 Å². The van der Waals surface area contributed by atoms with E-state index in [1.165, 1.54) is 6.42 Å². The number of allylic oxidation sites excluding steroid dienone is 4. The summed E-state index contributed by atoms with van der Waals surface area (Å²) < 4.78 is 0. The second-order valence-electron chi connectivity index (χ2n) is 16.2. The van der Waals surface area contributed by atoms with Gasteiger partial charge < -0.3 is 20.9 Å². The lowest BCUT2D eigenvalue weighted by molar-refractivity contribution is -0.136. The molecule has 0 spiro atoms. The fraction of sp³-hybridized carbons (Fsp3) is 0.725. The van der Waals surface area contributed by atoms with Gasteiger partial charge in [0.15, 0.2) is 5.78 Å². The number of carbonyl (C=O) groups excluding carboxylic acids is 3. The van der Waals surface area contributed by atoms with Crippen LogP contribution < -0.4 is 16.0 Å². The van der Waals surface area contributed by atoms with E-state index in [0.717, 1.165) is 63.5 Å². The van der Waals surface area contributed by atoms with Crippen LogP contribution in [0.3, 0.4) is 0 Å². The average molecular weight is 649 g/mol. The van der Waals surface area contributed by atoms with Crippen molar-refractivity contribution < 1.29 is 14.4 Å². The van der Waals surface area contributed by atoms with Gasteiger partial charge in [0.1, 0.15) is 6.04 Å². The number of nitrogens with one attached hydrogen (secondary N) is 3. The molecule has 7 nitrogen and oxygen atoms in total. The Morgan fingerprint density at radius 1 is 0.957 bits per heavy atom. The Morgan fingerprint density at radius 2 is 1.60 bits per heavy atom. The first-order chi connectivity index (χ1) is 22.2. The van der Waals surface area contributed by atoms with Gasteiger partial charge in [0.2, 0.25) is 5.91 Å². The molecule has 3 amide bonds. The number of rotatable bonds is 14. The number of fused-ring (bicyclic) bond motifs is 1. The molecule has 262 valence electrons. The third kappa shape index (κ3) is 9.41. The van der Waals surface area contributed by atoms with Crippen molar-refractivity contribution in [2.45, 2.75) is 137 Å². The summed E-state index contributed by atoms with van der Waals surface area (Å²) in [5.41, 5.74) is 1.23. The Balaban J connectivity index is 1.60. The number of nitrogens with zero attached hydrogens (tertiary/aromatic N) is 1. The van der Waals surface area contributed by atoms with Gasteiger partial charge in [0.25, 0.3) is 0 Å². The molecule has 3 N–H and O–H groups in total. The summed E-state index contributed by atoms with van der Waals surface area (Å²) in [6.07, 6.45) is 18.5. The van der Waals surface area contributed by atoms with E-state index in [0.29, 0.717) is 29.9 Å². The van der Waals surface area contributed by atoms with Crippen molar-refractivity contribution in [1.82, 2.24) is 20.9 Å². The molecule has 0 aromatic carbocycles. The molecule has 4 rings (SSSR count). The molecule has 1 aliphatic heterocycles. The standard InChI is InChI=1S/C40H64N4O3/c1-10-34(40(8,9)11-2)42-39(47)43-35(30-20-26(5)16-13-12-14-17-27(6)21-30)38(46)44-24-31-23-32(31)36(44)28(7)41-33(37(45)25(3)4)22-29-18-15-19-29/h13-14,16-17,26-27,29-36,41H,3,7,10-12,15,18-24H2,1-2,4-6,8-9H3,(H2,42,43,47)/b16-13-,17-14-/t26?,27?,30?,31-,32-,33?,34?,35?,36?/m0/s1. The zero-order valence-corrected chi connectivity index (χ0v) is 30.4. The summed E-state index contributed by atoms with van der Waals surface area (Å²) in [6.45, 7) is 23.9. The second-order valence-corrected chi connectivity index (χ2v) is 16.2. The molecular weight excluding hydrogens is 584 g/mol. The maximum Gasteiger partial charge on any atom is 0.315 e. The summed E-state index contributed by atoms with van der Waals surface area (Å²) in [5.74, 6) is 1.82. The predicted octanol–water partition coefficient (Wildman–Crippen LogP) is 7.71. The minimum absolute atomic E-state index is 0.00868. The maximum atomic E-state index is 14.9. The molecule has 47 heavy (non-hydrogen) atoms. The van der Waals surface area contributed by atoms with E-state index < -0.39 is 6.04 Å². The average Bonchev–Trinajstić information content (AvgIpc) is 3.66. The fourth-order valence-electron chi connectivity index (χ4n) is 8.22. The highest BCUT2D eigenvalue weighted by atomic mass is 16.2. The van der Waals surface area contributed by atoms with Crippen LogP contribution in [0.15, 0.2) is 48.7 Å². The number of Topliss-reactive ketones (excluding diaryl/α,β-unsaturated/α-hetero) is 1. The predicted molar refractivity (Wildman–Crippen MR) is 192 cm³/mol. The lowest BCUT2D eigenvalue weighted by Crippen LogP contribution is -2.59. The molecule has 0 aromatic rings. The van der Waals surface area contributed by atoms with Crippen LogP contribution in [0.25, 0.3) is 0 Å². The minimum atomic E-state index is -0.668. The van der Waals surface area contributed by atoms with Gasteiger partial charge in [-0.15, -0.1) is 0 Å². The quantitative estimate of drug-likeness (QED) is 0.133. The number of piperidine rings is 1. The van der Waals surface area contributed by atoms with Crippen molar-refractivity contribution in [3.8, 4) is 0 Å². The Morgan fingerprint density at radius 3 is 2.13 bits per heavy atom. The van der Waals surface area contributed by atoms with Gasteiger partial charge in [-0.05, 0) is 98.4 Å². The van der Waals surface area contributed by atoms with E-state index in [9.17, 15) is 14.4 Å². The Kier molecular flexibility index (Phi) is 12.6. The van der Waals surface area contributed by atoms with Gasteiger partial charge in [-0.2, -0.15) is 0 Å². The molecule has 8 atom stereocenters. The number of ketones is 1. The van der Waals surface area contributed by atoms with Crippen LogP contribution in [0, 0.1) is 40.9 Å². The van der Waals surface area contributed by atoms with E-state index in [4.69, 9.17) is 0 Å². The maximum absolute atomic E-state index is 14.9. The fourth-order valence-corrected chi connectivity index (χ4v) is 8.22. The van der Waals surface area contributed by atoms with Crippen molar-refractivity contribution in [1.29, 1.82) is 0 Å². The number of hydrogen-bond acceptors (Lipinski definition) is 4. The van der Waals surface area contributed by atoms with Gasteiger partial charge >= 0.3 is 6.03 Å². The number of carbonyl (C=O) groups is 3. The lowest BCUT2D eigenvalue weighted by Gasteiger charge is -2.39. The van der Waals surface area contributed by atoms with Gasteiger partial charge in [-0.3, -0.25) is 9.59 Å².